The number of aromatic carboxylic acids is 1. The number of rotatable bonds is 2. The van der Waals surface area contributed by atoms with Gasteiger partial charge in [-0.05, 0) is 31.0 Å². The fourth-order valence-electron chi connectivity index (χ4n) is 2.91. The van der Waals surface area contributed by atoms with Gasteiger partial charge in [-0.3, -0.25) is 9.59 Å². The summed E-state index contributed by atoms with van der Waals surface area (Å²) < 4.78 is 0.585. The van der Waals surface area contributed by atoms with Gasteiger partial charge in [0.15, 0.2) is 0 Å². The lowest BCUT2D eigenvalue weighted by Crippen LogP contribution is -2.32. The summed E-state index contributed by atoms with van der Waals surface area (Å²) in [6, 6.07) is 4.52. The van der Waals surface area contributed by atoms with Crippen molar-refractivity contribution >= 4 is 39.4 Å². The molecular weight excluding hydrogens is 338 g/mol. The van der Waals surface area contributed by atoms with Gasteiger partial charge in [0.2, 0.25) is 11.8 Å². The second-order valence-corrected chi connectivity index (χ2v) is 6.05. The maximum absolute atomic E-state index is 12.5. The highest BCUT2D eigenvalue weighted by atomic mass is 79.9. The van der Waals surface area contributed by atoms with Gasteiger partial charge in [-0.15, -0.1) is 0 Å². The van der Waals surface area contributed by atoms with Crippen molar-refractivity contribution in [1.29, 1.82) is 0 Å². The van der Waals surface area contributed by atoms with Crippen LogP contribution in [0.2, 0.25) is 0 Å². The molecule has 0 unspecified atom stereocenters. The number of anilines is 1. The first-order valence-electron chi connectivity index (χ1n) is 6.56. The minimum absolute atomic E-state index is 0.0577. The fourth-order valence-corrected chi connectivity index (χ4v) is 3.27. The molecule has 2 amide bonds. The van der Waals surface area contributed by atoms with E-state index in [1.54, 1.807) is 6.07 Å². The summed E-state index contributed by atoms with van der Waals surface area (Å²) in [7, 11) is 0. The van der Waals surface area contributed by atoms with Crippen LogP contribution in [0.1, 0.15) is 23.2 Å². The Labute approximate surface area is 129 Å². The Hall–Kier alpha value is -1.95. The summed E-state index contributed by atoms with van der Waals surface area (Å²) in [6.45, 7) is 0. The van der Waals surface area contributed by atoms with E-state index >= 15 is 0 Å². The summed E-state index contributed by atoms with van der Waals surface area (Å²) in [5, 5.41) is 9.30. The maximum atomic E-state index is 12.5. The molecule has 0 spiro atoms. The zero-order valence-electron chi connectivity index (χ0n) is 11.0. The minimum atomic E-state index is -1.17. The molecule has 0 aromatic heterocycles. The monoisotopic (exact) mass is 349 g/mol. The van der Waals surface area contributed by atoms with E-state index in [4.69, 9.17) is 0 Å². The maximum Gasteiger partial charge on any atom is 0.337 e. The molecule has 5 nitrogen and oxygen atoms in total. The first-order chi connectivity index (χ1) is 10.0. The molecule has 1 aromatic rings. The Bertz CT molecular complexity index is 656. The largest absolute Gasteiger partial charge is 0.478 e. The average Bonchev–Trinajstić information content (AvgIpc) is 2.72. The first kappa shape index (κ1) is 14.0. The number of amides is 2. The highest BCUT2D eigenvalue weighted by Crippen LogP contribution is 2.39. The van der Waals surface area contributed by atoms with Crippen molar-refractivity contribution in [2.24, 2.45) is 11.8 Å². The smallest absolute Gasteiger partial charge is 0.337 e. The molecule has 1 fully saturated rings. The lowest BCUT2D eigenvalue weighted by atomic mass is 9.85. The van der Waals surface area contributed by atoms with Gasteiger partial charge >= 0.3 is 5.97 Å². The number of carbonyl (C=O) groups is 3. The summed E-state index contributed by atoms with van der Waals surface area (Å²) in [5.74, 6) is -2.51. The zero-order valence-corrected chi connectivity index (χ0v) is 12.5. The summed E-state index contributed by atoms with van der Waals surface area (Å²) in [4.78, 5) is 37.4. The molecule has 1 N–H and O–H groups in total. The molecule has 0 radical (unpaired) electrons. The van der Waals surface area contributed by atoms with Crippen molar-refractivity contribution in [3.05, 3.63) is 40.4 Å². The van der Waals surface area contributed by atoms with E-state index in [0.717, 1.165) is 4.90 Å². The van der Waals surface area contributed by atoms with Crippen molar-refractivity contribution in [1.82, 2.24) is 0 Å². The van der Waals surface area contributed by atoms with E-state index in [1.807, 2.05) is 12.2 Å². The molecule has 2 atom stereocenters. The second kappa shape index (κ2) is 5.11. The standard InChI is InChI=1S/C15H12BrNO4/c16-8-5-6-12(11(7-8)15(20)21)17-13(18)9-3-1-2-4-10(9)14(17)19/h1-2,5-7,9-10H,3-4H2,(H,20,21)/t9-,10+. The van der Waals surface area contributed by atoms with Gasteiger partial charge in [-0.25, -0.2) is 9.69 Å². The number of hydrogen-bond acceptors (Lipinski definition) is 3. The van der Waals surface area contributed by atoms with Crippen molar-refractivity contribution in [3.63, 3.8) is 0 Å². The molecule has 1 heterocycles. The van der Waals surface area contributed by atoms with Gasteiger partial charge in [-0.2, -0.15) is 0 Å². The van der Waals surface area contributed by atoms with Gasteiger partial charge in [0, 0.05) is 4.47 Å². The fraction of sp³-hybridized carbons (Fsp3) is 0.267. The predicted octanol–water partition coefficient (Wildman–Crippen LogP) is 2.60. The van der Waals surface area contributed by atoms with Crippen LogP contribution in [0.25, 0.3) is 0 Å². The third-order valence-electron chi connectivity index (χ3n) is 3.94. The highest BCUT2D eigenvalue weighted by molar-refractivity contribution is 9.10. The molecule has 108 valence electrons. The Balaban J connectivity index is 2.07. The van der Waals surface area contributed by atoms with Crippen molar-refractivity contribution < 1.29 is 19.5 Å². The molecule has 6 heteroatoms. The molecule has 1 aliphatic heterocycles. The Morgan fingerprint density at radius 3 is 2.24 bits per heavy atom. The summed E-state index contributed by atoms with van der Waals surface area (Å²) in [5.41, 5.74) is 0.0905. The van der Waals surface area contributed by atoms with E-state index in [9.17, 15) is 19.5 Å². The van der Waals surface area contributed by atoms with E-state index in [2.05, 4.69) is 15.9 Å². The van der Waals surface area contributed by atoms with E-state index in [0.29, 0.717) is 17.3 Å². The first-order valence-corrected chi connectivity index (χ1v) is 7.35. The molecule has 0 bridgehead atoms. The van der Waals surface area contributed by atoms with Crippen LogP contribution in [0, 0.1) is 11.8 Å². The number of carboxylic acids is 1. The minimum Gasteiger partial charge on any atom is -0.478 e. The lowest BCUT2D eigenvalue weighted by molar-refractivity contribution is -0.122. The summed E-state index contributed by atoms with van der Waals surface area (Å²) in [6.07, 6.45) is 4.86. The Morgan fingerprint density at radius 2 is 1.71 bits per heavy atom. The molecule has 2 aliphatic rings. The summed E-state index contributed by atoms with van der Waals surface area (Å²) >= 11 is 3.20. The number of benzene rings is 1. The third-order valence-corrected chi connectivity index (χ3v) is 4.43. The average molecular weight is 350 g/mol. The van der Waals surface area contributed by atoms with Gasteiger partial charge in [0.25, 0.3) is 0 Å². The van der Waals surface area contributed by atoms with Crippen LogP contribution in [0.3, 0.4) is 0 Å². The van der Waals surface area contributed by atoms with E-state index < -0.39 is 5.97 Å². The highest BCUT2D eigenvalue weighted by Gasteiger charge is 2.48. The Morgan fingerprint density at radius 1 is 1.14 bits per heavy atom. The Kier molecular flexibility index (Phi) is 3.41. The van der Waals surface area contributed by atoms with Crippen LogP contribution in [0.4, 0.5) is 5.69 Å². The number of halogens is 1. The lowest BCUT2D eigenvalue weighted by Gasteiger charge is -2.17. The zero-order chi connectivity index (χ0) is 15.1. The molecule has 1 aliphatic carbocycles. The van der Waals surface area contributed by atoms with Crippen LogP contribution in [0.15, 0.2) is 34.8 Å². The number of fused-ring (bicyclic) bond motifs is 1. The third kappa shape index (κ3) is 2.19. The topological polar surface area (TPSA) is 74.7 Å². The number of nitrogens with zero attached hydrogens (tertiary/aromatic N) is 1. The SMILES string of the molecule is O=C(O)c1cc(Br)ccc1N1C(=O)[C@H]2CC=CC[C@H]2C1=O. The van der Waals surface area contributed by atoms with Crippen LogP contribution in [-0.4, -0.2) is 22.9 Å². The second-order valence-electron chi connectivity index (χ2n) is 5.13. The molecule has 1 aromatic carbocycles. The van der Waals surface area contributed by atoms with Gasteiger partial charge < -0.3 is 5.11 Å². The number of imide groups is 1. The van der Waals surface area contributed by atoms with Crippen LogP contribution < -0.4 is 4.90 Å². The number of carbonyl (C=O) groups excluding carboxylic acids is 2. The molecule has 1 saturated heterocycles. The molecule has 21 heavy (non-hydrogen) atoms. The van der Waals surface area contributed by atoms with Gasteiger partial charge in [0.1, 0.15) is 0 Å². The quantitative estimate of drug-likeness (QED) is 0.657. The van der Waals surface area contributed by atoms with Gasteiger partial charge in [-0.1, -0.05) is 28.1 Å². The van der Waals surface area contributed by atoms with Crippen molar-refractivity contribution in [2.45, 2.75) is 12.8 Å². The number of carboxylic acid groups (broad SMARTS) is 1. The molecule has 3 rings (SSSR count). The molecule has 0 saturated carbocycles. The van der Waals surface area contributed by atoms with Gasteiger partial charge in [0.05, 0.1) is 23.1 Å². The predicted molar refractivity (Wildman–Crippen MR) is 78.9 cm³/mol. The molecular formula is C15H12BrNO4. The van der Waals surface area contributed by atoms with E-state index in [1.165, 1.54) is 12.1 Å². The van der Waals surface area contributed by atoms with E-state index in [-0.39, 0.29) is 34.9 Å². The normalized spacial score (nSPS) is 24.3. The van der Waals surface area contributed by atoms with Crippen LogP contribution >= 0.6 is 15.9 Å². The number of hydrogen-bond donors (Lipinski definition) is 1. The van der Waals surface area contributed by atoms with Crippen molar-refractivity contribution in [3.8, 4) is 0 Å². The van der Waals surface area contributed by atoms with Crippen LogP contribution in [0.5, 0.6) is 0 Å². The van der Waals surface area contributed by atoms with Crippen LogP contribution in [-0.2, 0) is 9.59 Å². The van der Waals surface area contributed by atoms with Crippen molar-refractivity contribution in [2.75, 3.05) is 4.90 Å². The number of allylic oxidation sites excluding steroid dienone is 2.